The summed E-state index contributed by atoms with van der Waals surface area (Å²) in [6.07, 6.45) is 0.704. The second kappa shape index (κ2) is 6.83. The van der Waals surface area contributed by atoms with E-state index in [9.17, 15) is 19.2 Å². The monoisotopic (exact) mass is 285 g/mol. The van der Waals surface area contributed by atoms with Gasteiger partial charge in [0.05, 0.1) is 14.2 Å². The van der Waals surface area contributed by atoms with Gasteiger partial charge in [-0.25, -0.2) is 9.59 Å². The van der Waals surface area contributed by atoms with E-state index in [1.54, 1.807) is 20.8 Å². The summed E-state index contributed by atoms with van der Waals surface area (Å²) in [7, 11) is 2.17. The Morgan fingerprint density at radius 3 is 1.80 bits per heavy atom. The Hall–Kier alpha value is -2.18. The predicted molar refractivity (Wildman–Crippen MR) is 69.4 cm³/mol. The molecule has 112 valence electrons. The first-order valence-electron chi connectivity index (χ1n) is 5.79. The third kappa shape index (κ3) is 4.49. The van der Waals surface area contributed by atoms with Crippen LogP contribution in [0.1, 0.15) is 27.7 Å². The summed E-state index contributed by atoms with van der Waals surface area (Å²) >= 11 is 0. The van der Waals surface area contributed by atoms with E-state index in [4.69, 9.17) is 0 Å². The van der Waals surface area contributed by atoms with Crippen molar-refractivity contribution in [2.75, 3.05) is 14.2 Å². The molecule has 0 unspecified atom stereocenters. The van der Waals surface area contributed by atoms with Crippen molar-refractivity contribution in [2.24, 2.45) is 0 Å². The van der Waals surface area contributed by atoms with Crippen LogP contribution in [-0.4, -0.2) is 48.4 Å². The average Bonchev–Trinajstić information content (AvgIpc) is 2.32. The van der Waals surface area contributed by atoms with E-state index < -0.39 is 34.9 Å². The van der Waals surface area contributed by atoms with Gasteiger partial charge >= 0.3 is 11.9 Å². The highest BCUT2D eigenvalue weighted by Gasteiger charge is 2.35. The molecule has 0 aliphatic rings. The van der Waals surface area contributed by atoms with Crippen molar-refractivity contribution in [3.63, 3.8) is 0 Å². The molecule has 0 saturated carbocycles. The summed E-state index contributed by atoms with van der Waals surface area (Å²) in [5.74, 6) is -3.38. The molecule has 0 heterocycles. The Morgan fingerprint density at radius 2 is 1.50 bits per heavy atom. The normalized spacial score (nSPS) is 11.6. The van der Waals surface area contributed by atoms with E-state index in [0.717, 1.165) is 19.1 Å². The molecule has 0 saturated heterocycles. The smallest absolute Gasteiger partial charge is 0.343 e. The Bertz CT molecular complexity index is 458. The van der Waals surface area contributed by atoms with Crippen molar-refractivity contribution in [1.82, 2.24) is 4.90 Å². The molecule has 7 nitrogen and oxygen atoms in total. The minimum Gasteiger partial charge on any atom is -0.466 e. The maximum atomic E-state index is 12.3. The molecule has 0 radical (unpaired) electrons. The van der Waals surface area contributed by atoms with Crippen molar-refractivity contribution in [3.05, 3.63) is 11.6 Å². The number of hydrogen-bond acceptors (Lipinski definition) is 6. The fourth-order valence-electron chi connectivity index (χ4n) is 1.54. The van der Waals surface area contributed by atoms with E-state index >= 15 is 0 Å². The molecule has 0 bridgehead atoms. The number of hydrogen-bond donors (Lipinski definition) is 0. The van der Waals surface area contributed by atoms with Gasteiger partial charge in [-0.15, -0.1) is 0 Å². The van der Waals surface area contributed by atoms with Gasteiger partial charge in [-0.1, -0.05) is 0 Å². The van der Waals surface area contributed by atoms with Gasteiger partial charge in [-0.2, -0.15) is 0 Å². The van der Waals surface area contributed by atoms with Gasteiger partial charge in [0.2, 0.25) is 5.91 Å². The Labute approximate surface area is 117 Å². The van der Waals surface area contributed by atoms with E-state index in [0.29, 0.717) is 6.08 Å². The van der Waals surface area contributed by atoms with Crippen molar-refractivity contribution in [3.8, 4) is 0 Å². The number of ether oxygens (including phenoxy) is 2. The molecule has 0 aromatic carbocycles. The minimum atomic E-state index is -1.02. The molecule has 0 aromatic heterocycles. The van der Waals surface area contributed by atoms with Gasteiger partial charge in [0.1, 0.15) is 5.57 Å². The molecule has 7 heteroatoms. The van der Waals surface area contributed by atoms with Crippen LogP contribution in [0.15, 0.2) is 11.6 Å². The van der Waals surface area contributed by atoms with Crippen LogP contribution < -0.4 is 0 Å². The average molecular weight is 285 g/mol. The number of methoxy groups -OCH3 is 2. The Balaban J connectivity index is 5.76. The van der Waals surface area contributed by atoms with Crippen LogP contribution in [0.5, 0.6) is 0 Å². The first-order chi connectivity index (χ1) is 9.06. The number of carbonyl (C=O) groups excluding carboxylic acids is 4. The fraction of sp³-hybridized carbons (Fsp3) is 0.538. The summed E-state index contributed by atoms with van der Waals surface area (Å²) in [5.41, 5.74) is -1.42. The lowest BCUT2D eigenvalue weighted by Gasteiger charge is -2.33. The van der Waals surface area contributed by atoms with Crippen LogP contribution in [-0.2, 0) is 28.7 Å². The van der Waals surface area contributed by atoms with Gasteiger partial charge in [-0.05, 0) is 20.8 Å². The highest BCUT2D eigenvalue weighted by atomic mass is 16.5. The molecule has 0 spiro atoms. The number of esters is 2. The Kier molecular flexibility index (Phi) is 6.09. The number of amides is 2. The van der Waals surface area contributed by atoms with E-state index in [1.807, 2.05) is 0 Å². The van der Waals surface area contributed by atoms with E-state index in [-0.39, 0.29) is 0 Å². The predicted octanol–water partition coefficient (Wildman–Crippen LogP) is 0.432. The van der Waals surface area contributed by atoms with Crippen LogP contribution in [0.25, 0.3) is 0 Å². The molecule has 0 fully saturated rings. The second-order valence-corrected chi connectivity index (χ2v) is 4.90. The summed E-state index contributed by atoms with van der Waals surface area (Å²) in [4.78, 5) is 47.6. The molecule has 0 atom stereocenters. The van der Waals surface area contributed by atoms with Crippen LogP contribution >= 0.6 is 0 Å². The van der Waals surface area contributed by atoms with Crippen LogP contribution in [0.4, 0.5) is 0 Å². The van der Waals surface area contributed by atoms with Crippen molar-refractivity contribution < 1.29 is 28.7 Å². The lowest BCUT2D eigenvalue weighted by molar-refractivity contribution is -0.149. The van der Waals surface area contributed by atoms with Crippen molar-refractivity contribution in [1.29, 1.82) is 0 Å². The molecule has 2 amide bonds. The zero-order valence-electron chi connectivity index (χ0n) is 12.5. The second-order valence-electron chi connectivity index (χ2n) is 4.90. The highest BCUT2D eigenvalue weighted by molar-refractivity contribution is 6.22. The zero-order chi connectivity index (χ0) is 16.1. The summed E-state index contributed by atoms with van der Waals surface area (Å²) in [5, 5.41) is 0. The largest absolute Gasteiger partial charge is 0.466 e. The molecule has 0 rings (SSSR count). The Morgan fingerprint density at radius 1 is 1.00 bits per heavy atom. The standard InChI is InChI=1S/C13H19NO6/c1-8(15)14(13(2,3)4)11(17)9(12(18)20-6)7-10(16)19-5/h7H,1-6H3/b9-7+. The molecule has 0 aliphatic heterocycles. The van der Waals surface area contributed by atoms with Gasteiger partial charge in [0, 0.05) is 18.5 Å². The van der Waals surface area contributed by atoms with Crippen molar-refractivity contribution in [2.45, 2.75) is 33.2 Å². The van der Waals surface area contributed by atoms with Gasteiger partial charge < -0.3 is 9.47 Å². The summed E-state index contributed by atoms with van der Waals surface area (Å²) in [6.45, 7) is 6.06. The number of imide groups is 1. The summed E-state index contributed by atoms with van der Waals surface area (Å²) in [6, 6.07) is 0. The van der Waals surface area contributed by atoms with E-state index in [2.05, 4.69) is 9.47 Å². The SMILES string of the molecule is COC(=O)/C=C(/C(=O)OC)C(=O)N(C(C)=O)C(C)(C)C. The van der Waals surface area contributed by atoms with Gasteiger partial charge in [-0.3, -0.25) is 14.5 Å². The molecule has 0 aliphatic carbocycles. The summed E-state index contributed by atoms with van der Waals surface area (Å²) < 4.78 is 8.82. The zero-order valence-corrected chi connectivity index (χ0v) is 12.5. The lowest BCUT2D eigenvalue weighted by atomic mass is 10.0. The van der Waals surface area contributed by atoms with Gasteiger partial charge in [0.15, 0.2) is 0 Å². The van der Waals surface area contributed by atoms with Crippen LogP contribution in [0.2, 0.25) is 0 Å². The third-order valence-corrected chi connectivity index (χ3v) is 2.29. The topological polar surface area (TPSA) is 90.0 Å². The van der Waals surface area contributed by atoms with Gasteiger partial charge in [0.25, 0.3) is 5.91 Å². The maximum absolute atomic E-state index is 12.3. The first-order valence-corrected chi connectivity index (χ1v) is 5.79. The minimum absolute atomic E-state index is 0.554. The fourth-order valence-corrected chi connectivity index (χ4v) is 1.54. The molecular formula is C13H19NO6. The molecular weight excluding hydrogens is 266 g/mol. The third-order valence-electron chi connectivity index (χ3n) is 2.29. The van der Waals surface area contributed by atoms with Crippen molar-refractivity contribution >= 4 is 23.8 Å². The molecule has 0 N–H and O–H groups in total. The first kappa shape index (κ1) is 17.8. The quantitative estimate of drug-likeness (QED) is 0.323. The number of nitrogens with zero attached hydrogens (tertiary/aromatic N) is 1. The molecule has 20 heavy (non-hydrogen) atoms. The number of rotatable bonds is 3. The highest BCUT2D eigenvalue weighted by Crippen LogP contribution is 2.18. The van der Waals surface area contributed by atoms with E-state index in [1.165, 1.54) is 6.92 Å². The lowest BCUT2D eigenvalue weighted by Crippen LogP contribution is -2.50. The van der Waals surface area contributed by atoms with Crippen LogP contribution in [0.3, 0.4) is 0 Å². The maximum Gasteiger partial charge on any atom is 0.343 e. The number of carbonyl (C=O) groups is 4. The molecule has 0 aromatic rings. The van der Waals surface area contributed by atoms with Crippen LogP contribution in [0, 0.1) is 0 Å².